The van der Waals surface area contributed by atoms with Gasteiger partial charge in [0.1, 0.15) is 12.2 Å². The zero-order valence-electron chi connectivity index (χ0n) is 15.7. The number of halogens is 1. The SMILES string of the molecule is CN(c1nc(N)nc2c1ncn2[C@@H]1O[C@H](COP(=O)(O)O)[C@@H](O)[C@@]1(C)F)C1CC1. The van der Waals surface area contributed by atoms with Crippen molar-refractivity contribution in [2.45, 2.75) is 49.9 Å². The molecule has 0 radical (unpaired) electrons. The predicted molar refractivity (Wildman–Crippen MR) is 98.6 cm³/mol. The van der Waals surface area contributed by atoms with Gasteiger partial charge < -0.3 is 30.3 Å². The normalized spacial score (nSPS) is 30.2. The fraction of sp³-hybridized carbons (Fsp3) is 0.667. The van der Waals surface area contributed by atoms with E-state index in [0.717, 1.165) is 19.8 Å². The molecular weight excluding hydrogens is 410 g/mol. The van der Waals surface area contributed by atoms with Gasteiger partial charge in [-0.2, -0.15) is 9.97 Å². The maximum Gasteiger partial charge on any atom is 0.469 e. The van der Waals surface area contributed by atoms with E-state index in [2.05, 4.69) is 19.5 Å². The van der Waals surface area contributed by atoms with E-state index in [4.69, 9.17) is 20.3 Å². The van der Waals surface area contributed by atoms with E-state index < -0.39 is 38.5 Å². The molecule has 0 aromatic carbocycles. The van der Waals surface area contributed by atoms with Gasteiger partial charge in [-0.05, 0) is 19.8 Å². The third-order valence-corrected chi connectivity index (χ3v) is 5.71. The number of nitrogens with two attached hydrogens (primary N) is 1. The number of alkyl halides is 1. The lowest BCUT2D eigenvalue weighted by atomic mass is 9.98. The van der Waals surface area contributed by atoms with Crippen LogP contribution in [0.25, 0.3) is 11.2 Å². The molecule has 1 aliphatic carbocycles. The number of hydrogen-bond acceptors (Lipinski definition) is 9. The highest BCUT2D eigenvalue weighted by molar-refractivity contribution is 7.46. The molecule has 3 heterocycles. The number of rotatable bonds is 6. The number of phosphoric ester groups is 1. The van der Waals surface area contributed by atoms with Crippen LogP contribution in [-0.2, 0) is 13.8 Å². The van der Waals surface area contributed by atoms with Crippen LogP contribution in [-0.4, -0.2) is 72.0 Å². The van der Waals surface area contributed by atoms with E-state index in [9.17, 15) is 9.67 Å². The number of nitrogens with zero attached hydrogens (tertiary/aromatic N) is 5. The van der Waals surface area contributed by atoms with Gasteiger partial charge in [0.15, 0.2) is 28.9 Å². The summed E-state index contributed by atoms with van der Waals surface area (Å²) in [6.45, 7) is 0.425. The van der Waals surface area contributed by atoms with E-state index in [1.54, 1.807) is 0 Å². The molecule has 2 fully saturated rings. The lowest BCUT2D eigenvalue weighted by molar-refractivity contribution is -0.0560. The second kappa shape index (κ2) is 6.83. The first-order valence-electron chi connectivity index (χ1n) is 8.94. The third kappa shape index (κ3) is 3.69. The van der Waals surface area contributed by atoms with Gasteiger partial charge in [-0.3, -0.25) is 9.09 Å². The Hall–Kier alpha value is -1.89. The lowest BCUT2D eigenvalue weighted by Crippen LogP contribution is -2.40. The first-order chi connectivity index (χ1) is 13.5. The van der Waals surface area contributed by atoms with E-state index in [0.29, 0.717) is 17.4 Å². The van der Waals surface area contributed by atoms with Crippen molar-refractivity contribution in [1.29, 1.82) is 0 Å². The minimum atomic E-state index is -4.81. The van der Waals surface area contributed by atoms with Crippen LogP contribution in [0.1, 0.15) is 26.0 Å². The van der Waals surface area contributed by atoms with Crippen molar-refractivity contribution in [3.63, 3.8) is 0 Å². The summed E-state index contributed by atoms with van der Waals surface area (Å²) in [5, 5.41) is 10.3. The Bertz CT molecular complexity index is 978. The molecule has 2 aliphatic rings. The van der Waals surface area contributed by atoms with Crippen molar-refractivity contribution in [1.82, 2.24) is 19.5 Å². The van der Waals surface area contributed by atoms with E-state index in [1.165, 1.54) is 10.9 Å². The summed E-state index contributed by atoms with van der Waals surface area (Å²) in [6, 6.07) is 0.322. The summed E-state index contributed by atoms with van der Waals surface area (Å²) in [6.07, 6.45) is -1.04. The molecule has 0 amide bonds. The molecule has 0 unspecified atom stereocenters. The number of aromatic nitrogens is 4. The first kappa shape index (κ1) is 20.4. The van der Waals surface area contributed by atoms with Crippen LogP contribution in [0, 0.1) is 0 Å². The van der Waals surface area contributed by atoms with Crippen molar-refractivity contribution < 1.29 is 33.1 Å². The van der Waals surface area contributed by atoms with Gasteiger partial charge >= 0.3 is 7.82 Å². The minimum absolute atomic E-state index is 0.0257. The summed E-state index contributed by atoms with van der Waals surface area (Å²) in [5.41, 5.74) is 4.15. The molecule has 12 nitrogen and oxygen atoms in total. The molecule has 4 atom stereocenters. The maximum absolute atomic E-state index is 15.4. The highest BCUT2D eigenvalue weighted by Crippen LogP contribution is 2.45. The van der Waals surface area contributed by atoms with Crippen LogP contribution in [0.15, 0.2) is 6.33 Å². The monoisotopic (exact) mass is 432 g/mol. The van der Waals surface area contributed by atoms with Crippen molar-refractivity contribution >= 4 is 30.8 Å². The lowest BCUT2D eigenvalue weighted by Gasteiger charge is -2.25. The zero-order chi connectivity index (χ0) is 21.1. The molecule has 0 spiro atoms. The van der Waals surface area contributed by atoms with Crippen LogP contribution in [0.3, 0.4) is 0 Å². The van der Waals surface area contributed by atoms with Gasteiger partial charge in [0.2, 0.25) is 5.95 Å². The number of ether oxygens (including phenoxy) is 1. The van der Waals surface area contributed by atoms with Crippen LogP contribution < -0.4 is 10.6 Å². The molecule has 29 heavy (non-hydrogen) atoms. The number of fused-ring (bicyclic) bond motifs is 1. The molecule has 1 saturated carbocycles. The number of aliphatic hydroxyl groups is 1. The van der Waals surface area contributed by atoms with Crippen LogP contribution >= 0.6 is 7.82 Å². The highest BCUT2D eigenvalue weighted by Gasteiger charge is 2.55. The molecule has 2 aromatic rings. The zero-order valence-corrected chi connectivity index (χ0v) is 16.6. The molecule has 0 bridgehead atoms. The highest BCUT2D eigenvalue weighted by atomic mass is 31.2. The summed E-state index contributed by atoms with van der Waals surface area (Å²) < 4.78 is 37.5. The van der Waals surface area contributed by atoms with Crippen LogP contribution in [0.4, 0.5) is 16.2 Å². The van der Waals surface area contributed by atoms with E-state index in [1.807, 2.05) is 11.9 Å². The Labute approximate surface area is 164 Å². The second-order valence-electron chi connectivity index (χ2n) is 7.48. The quantitative estimate of drug-likeness (QED) is 0.457. The van der Waals surface area contributed by atoms with Crippen molar-refractivity contribution in [2.24, 2.45) is 0 Å². The summed E-state index contributed by atoms with van der Waals surface area (Å²) in [7, 11) is -2.95. The summed E-state index contributed by atoms with van der Waals surface area (Å²) in [4.78, 5) is 32.4. The summed E-state index contributed by atoms with van der Waals surface area (Å²) in [5.74, 6) is 0.483. The van der Waals surface area contributed by atoms with Crippen molar-refractivity contribution in [3.8, 4) is 0 Å². The Balaban J connectivity index is 1.69. The Morgan fingerprint density at radius 3 is 2.79 bits per heavy atom. The van der Waals surface area contributed by atoms with Crippen LogP contribution in [0.2, 0.25) is 0 Å². The predicted octanol–water partition coefficient (Wildman–Crippen LogP) is 0.103. The van der Waals surface area contributed by atoms with Gasteiger partial charge in [0.25, 0.3) is 0 Å². The molecule has 1 aliphatic heterocycles. The number of imidazole rings is 1. The molecule has 14 heteroatoms. The Kier molecular flexibility index (Phi) is 4.80. The topological polar surface area (TPSA) is 169 Å². The van der Waals surface area contributed by atoms with Gasteiger partial charge in [-0.25, -0.2) is 13.9 Å². The second-order valence-corrected chi connectivity index (χ2v) is 8.72. The molecule has 1 saturated heterocycles. The molecule has 2 aromatic heterocycles. The van der Waals surface area contributed by atoms with Crippen molar-refractivity contribution in [3.05, 3.63) is 6.33 Å². The first-order valence-corrected chi connectivity index (χ1v) is 10.5. The van der Waals surface area contributed by atoms with E-state index in [-0.39, 0.29) is 11.6 Å². The third-order valence-electron chi connectivity index (χ3n) is 5.23. The van der Waals surface area contributed by atoms with Gasteiger partial charge in [0, 0.05) is 13.1 Å². The van der Waals surface area contributed by atoms with Crippen LogP contribution in [0.5, 0.6) is 0 Å². The summed E-state index contributed by atoms with van der Waals surface area (Å²) >= 11 is 0. The molecule has 5 N–H and O–H groups in total. The average molecular weight is 432 g/mol. The van der Waals surface area contributed by atoms with E-state index >= 15 is 4.39 Å². The standard InChI is InChI=1S/C15H22FN6O6P/c1-15(16)10(23)8(5-27-29(24,25)26)28-13(15)22-6-18-9-11(21(2)7-3-4-7)19-14(17)20-12(9)22/h6-8,10,13,23H,3-5H2,1-2H3,(H2,17,19,20)(H2,24,25,26)/t8-,10-,13-,15-/m1/s1. The van der Waals surface area contributed by atoms with Gasteiger partial charge in [-0.1, -0.05) is 0 Å². The van der Waals surface area contributed by atoms with Crippen molar-refractivity contribution in [2.75, 3.05) is 24.3 Å². The Morgan fingerprint density at radius 2 is 2.17 bits per heavy atom. The minimum Gasteiger partial charge on any atom is -0.387 e. The number of nitrogen functional groups attached to an aromatic ring is 1. The largest absolute Gasteiger partial charge is 0.469 e. The number of hydrogen-bond donors (Lipinski definition) is 4. The van der Waals surface area contributed by atoms with Gasteiger partial charge in [-0.15, -0.1) is 0 Å². The number of aliphatic hydroxyl groups excluding tert-OH is 1. The fourth-order valence-electron chi connectivity index (χ4n) is 3.49. The molecular formula is C15H22FN6O6P. The Morgan fingerprint density at radius 1 is 1.48 bits per heavy atom. The average Bonchev–Trinajstić information content (AvgIpc) is 3.35. The fourth-order valence-corrected chi connectivity index (χ4v) is 3.83. The van der Waals surface area contributed by atoms with Gasteiger partial charge in [0.05, 0.1) is 12.9 Å². The number of anilines is 2. The smallest absolute Gasteiger partial charge is 0.387 e. The number of phosphoric acid groups is 1. The molecule has 4 rings (SSSR count). The maximum atomic E-state index is 15.4. The molecule has 160 valence electrons.